The molecule has 0 spiro atoms. The molecule has 3 rings (SSSR count). The van der Waals surface area contributed by atoms with Gasteiger partial charge in [0.1, 0.15) is 0 Å². The molecule has 0 bridgehead atoms. The largest absolute Gasteiger partial charge is 0.295 e. The number of piperidine rings is 1. The maximum absolute atomic E-state index is 12.2. The lowest BCUT2D eigenvalue weighted by Crippen LogP contribution is -2.52. The van der Waals surface area contributed by atoms with Crippen LogP contribution in [0.4, 0.5) is 0 Å². The second-order valence-corrected chi connectivity index (χ2v) is 9.01. The summed E-state index contributed by atoms with van der Waals surface area (Å²) in [6.45, 7) is 4.83. The van der Waals surface area contributed by atoms with Crippen molar-refractivity contribution in [2.24, 2.45) is 0 Å². The van der Waals surface area contributed by atoms with Crippen molar-refractivity contribution in [2.75, 3.05) is 18.8 Å². The van der Waals surface area contributed by atoms with Crippen molar-refractivity contribution >= 4 is 21.4 Å². The van der Waals surface area contributed by atoms with Gasteiger partial charge in [0.25, 0.3) is 0 Å². The van der Waals surface area contributed by atoms with Crippen molar-refractivity contribution < 1.29 is 8.42 Å². The van der Waals surface area contributed by atoms with Gasteiger partial charge in [0, 0.05) is 25.2 Å². The van der Waals surface area contributed by atoms with Crippen molar-refractivity contribution in [3.05, 3.63) is 22.4 Å². The molecule has 3 heterocycles. The molecule has 118 valence electrons. The van der Waals surface area contributed by atoms with Crippen molar-refractivity contribution in [3.8, 4) is 0 Å². The molecule has 2 aliphatic rings. The highest BCUT2D eigenvalue weighted by Gasteiger charge is 2.38. The molecule has 0 N–H and O–H groups in total. The first-order chi connectivity index (χ1) is 10.1. The number of thiophene rings is 1. The van der Waals surface area contributed by atoms with Gasteiger partial charge in [0.2, 0.25) is 10.0 Å². The fourth-order valence-corrected chi connectivity index (χ4v) is 6.13. The highest BCUT2D eigenvalue weighted by molar-refractivity contribution is 7.89. The van der Waals surface area contributed by atoms with Gasteiger partial charge in [-0.05, 0) is 55.1 Å². The molecule has 4 nitrogen and oxygen atoms in total. The van der Waals surface area contributed by atoms with Gasteiger partial charge in [0.15, 0.2) is 0 Å². The molecular formula is C15H24N2O2S2. The first-order valence-electron chi connectivity index (χ1n) is 7.82. The van der Waals surface area contributed by atoms with Gasteiger partial charge < -0.3 is 0 Å². The molecule has 0 aliphatic carbocycles. The number of hydrogen-bond donors (Lipinski definition) is 0. The summed E-state index contributed by atoms with van der Waals surface area (Å²) >= 11 is 1.73. The minimum atomic E-state index is -3.01. The Morgan fingerprint density at radius 3 is 2.86 bits per heavy atom. The summed E-state index contributed by atoms with van der Waals surface area (Å²) in [4.78, 5) is 2.49. The van der Waals surface area contributed by atoms with E-state index in [1.807, 2.05) is 0 Å². The first-order valence-corrected chi connectivity index (χ1v) is 10.4. The number of sulfonamides is 1. The zero-order valence-corrected chi connectivity index (χ0v) is 14.2. The normalized spacial score (nSPS) is 28.7. The van der Waals surface area contributed by atoms with Crippen LogP contribution >= 0.6 is 11.3 Å². The molecule has 0 radical (unpaired) electrons. The summed E-state index contributed by atoms with van der Waals surface area (Å²) in [5, 5.41) is 4.31. The van der Waals surface area contributed by atoms with Crippen LogP contribution in [0.5, 0.6) is 0 Å². The monoisotopic (exact) mass is 328 g/mol. The van der Waals surface area contributed by atoms with Crippen LogP contribution < -0.4 is 0 Å². The van der Waals surface area contributed by atoms with E-state index in [1.54, 1.807) is 15.6 Å². The van der Waals surface area contributed by atoms with Crippen molar-refractivity contribution in [3.63, 3.8) is 0 Å². The molecule has 2 fully saturated rings. The molecule has 2 unspecified atom stereocenters. The fourth-order valence-electron chi connectivity index (χ4n) is 3.68. The minimum Gasteiger partial charge on any atom is -0.295 e. The summed E-state index contributed by atoms with van der Waals surface area (Å²) in [5.74, 6) is 0.328. The van der Waals surface area contributed by atoms with E-state index in [1.165, 1.54) is 18.4 Å². The van der Waals surface area contributed by atoms with Crippen molar-refractivity contribution in [2.45, 2.75) is 51.2 Å². The van der Waals surface area contributed by atoms with E-state index in [9.17, 15) is 8.42 Å². The summed E-state index contributed by atoms with van der Waals surface area (Å²) in [5.41, 5.74) is 1.35. The average Bonchev–Trinajstić information content (AvgIpc) is 3.08. The van der Waals surface area contributed by atoms with Gasteiger partial charge >= 0.3 is 0 Å². The lowest BCUT2D eigenvalue weighted by Gasteiger charge is -2.41. The third-order valence-electron chi connectivity index (χ3n) is 4.78. The van der Waals surface area contributed by atoms with Crippen LogP contribution in [0.25, 0.3) is 0 Å². The predicted octanol–water partition coefficient (Wildman–Crippen LogP) is 2.53. The molecule has 0 amide bonds. The molecule has 2 saturated heterocycles. The van der Waals surface area contributed by atoms with E-state index in [4.69, 9.17) is 0 Å². The van der Waals surface area contributed by atoms with E-state index >= 15 is 0 Å². The minimum absolute atomic E-state index is 0.0939. The molecule has 2 aliphatic heterocycles. The summed E-state index contributed by atoms with van der Waals surface area (Å²) in [7, 11) is -3.01. The molecule has 6 heteroatoms. The number of hydrogen-bond acceptors (Lipinski definition) is 4. The van der Waals surface area contributed by atoms with Gasteiger partial charge in [0.05, 0.1) is 5.75 Å². The van der Waals surface area contributed by atoms with Crippen LogP contribution in [-0.4, -0.2) is 48.5 Å². The number of rotatable bonds is 4. The standard InChI is InChI=1S/C15H24N2O2S2/c1-13(17-8-4-10-21(17,18)19)15-5-2-3-7-16(15)11-14-6-9-20-12-14/h6,9,12-13,15H,2-5,7-8,10-11H2,1H3. The Hall–Kier alpha value is -0.430. The first kappa shape index (κ1) is 15.5. The molecule has 21 heavy (non-hydrogen) atoms. The second kappa shape index (κ2) is 6.36. The summed E-state index contributed by atoms with van der Waals surface area (Å²) in [6.07, 6.45) is 4.32. The summed E-state index contributed by atoms with van der Waals surface area (Å²) < 4.78 is 26.1. The van der Waals surface area contributed by atoms with Crippen LogP contribution in [0.2, 0.25) is 0 Å². The highest BCUT2D eigenvalue weighted by atomic mass is 32.2. The van der Waals surface area contributed by atoms with Crippen LogP contribution in [-0.2, 0) is 16.6 Å². The predicted molar refractivity (Wildman–Crippen MR) is 86.9 cm³/mol. The Balaban J connectivity index is 1.74. The number of nitrogens with zero attached hydrogens (tertiary/aromatic N) is 2. The van der Waals surface area contributed by atoms with Crippen LogP contribution in [0.1, 0.15) is 38.2 Å². The van der Waals surface area contributed by atoms with Crippen LogP contribution in [0.3, 0.4) is 0 Å². The molecule has 1 aromatic heterocycles. The van der Waals surface area contributed by atoms with E-state index in [0.29, 0.717) is 18.3 Å². The third kappa shape index (κ3) is 3.33. The number of likely N-dealkylation sites (tertiary alicyclic amines) is 1. The Kier molecular flexibility index (Phi) is 4.69. The Bertz CT molecular complexity index is 556. The average molecular weight is 329 g/mol. The molecule has 0 saturated carbocycles. The van der Waals surface area contributed by atoms with Gasteiger partial charge in [-0.15, -0.1) is 0 Å². The maximum Gasteiger partial charge on any atom is 0.214 e. The van der Waals surface area contributed by atoms with Gasteiger partial charge in [-0.25, -0.2) is 8.42 Å². The third-order valence-corrected chi connectivity index (χ3v) is 7.55. The molecule has 1 aromatic rings. The maximum atomic E-state index is 12.2. The van der Waals surface area contributed by atoms with Gasteiger partial charge in [-0.2, -0.15) is 15.6 Å². The van der Waals surface area contributed by atoms with Crippen LogP contribution in [0.15, 0.2) is 16.8 Å². The lowest BCUT2D eigenvalue weighted by atomic mass is 9.96. The van der Waals surface area contributed by atoms with Crippen molar-refractivity contribution in [1.82, 2.24) is 9.21 Å². The van der Waals surface area contributed by atoms with E-state index in [2.05, 4.69) is 28.7 Å². The zero-order chi connectivity index (χ0) is 14.9. The quantitative estimate of drug-likeness (QED) is 0.853. The van der Waals surface area contributed by atoms with E-state index in [-0.39, 0.29) is 6.04 Å². The molecular weight excluding hydrogens is 304 g/mol. The van der Waals surface area contributed by atoms with Crippen molar-refractivity contribution in [1.29, 1.82) is 0 Å². The topological polar surface area (TPSA) is 40.6 Å². The Morgan fingerprint density at radius 2 is 2.19 bits per heavy atom. The zero-order valence-electron chi connectivity index (χ0n) is 12.6. The highest BCUT2D eigenvalue weighted by Crippen LogP contribution is 2.28. The van der Waals surface area contributed by atoms with Gasteiger partial charge in [-0.3, -0.25) is 4.90 Å². The van der Waals surface area contributed by atoms with E-state index < -0.39 is 10.0 Å². The molecule has 0 aromatic carbocycles. The Morgan fingerprint density at radius 1 is 1.33 bits per heavy atom. The molecule has 2 atom stereocenters. The fraction of sp³-hybridized carbons (Fsp3) is 0.733. The smallest absolute Gasteiger partial charge is 0.214 e. The summed E-state index contributed by atoms with van der Waals surface area (Å²) in [6, 6.07) is 2.62. The van der Waals surface area contributed by atoms with Gasteiger partial charge in [-0.1, -0.05) is 6.42 Å². The lowest BCUT2D eigenvalue weighted by molar-refractivity contribution is 0.0884. The SMILES string of the molecule is CC(C1CCCCN1Cc1ccsc1)N1CCCS1(=O)=O. The second-order valence-electron chi connectivity index (χ2n) is 6.19. The van der Waals surface area contributed by atoms with E-state index in [0.717, 1.165) is 25.9 Å². The van der Waals surface area contributed by atoms with Crippen LogP contribution in [0, 0.1) is 0 Å². The Labute approximate surface area is 131 Å².